The van der Waals surface area contributed by atoms with E-state index >= 15 is 0 Å². The summed E-state index contributed by atoms with van der Waals surface area (Å²) in [6.07, 6.45) is 1.06. The Morgan fingerprint density at radius 3 is 2.71 bits per heavy atom. The first-order chi connectivity index (χ1) is 11.2. The van der Waals surface area contributed by atoms with Gasteiger partial charge in [0.05, 0.1) is 0 Å². The van der Waals surface area contributed by atoms with Crippen LogP contribution in [0.15, 0.2) is 24.8 Å². The fourth-order valence-electron chi connectivity index (χ4n) is 3.32. The highest BCUT2D eigenvalue weighted by Gasteiger charge is 2.61. The average molecular weight is 331 g/mol. The number of fused-ring (bicyclic) bond motifs is 2. The van der Waals surface area contributed by atoms with E-state index in [0.29, 0.717) is 12.0 Å². The Morgan fingerprint density at radius 1 is 1.50 bits per heavy atom. The molecule has 1 saturated carbocycles. The summed E-state index contributed by atoms with van der Waals surface area (Å²) in [6, 6.07) is 5.32. The number of alkyl halides is 1. The smallest absolute Gasteiger partial charge is 0.326 e. The van der Waals surface area contributed by atoms with Gasteiger partial charge in [0, 0.05) is 17.5 Å². The number of amides is 1. The van der Waals surface area contributed by atoms with Crippen LogP contribution in [-0.2, 0) is 14.9 Å². The van der Waals surface area contributed by atoms with Crippen molar-refractivity contribution < 1.29 is 18.7 Å². The Labute approximate surface area is 141 Å². The molecule has 2 atom stereocenters. The first-order valence-electron chi connectivity index (χ1n) is 8.08. The standard InChI is InChI=1S/C19H22FNO3/c1-5-12-6-7-13-14(8-12)19(9-15(19)20)11-21(17(13)23)10-16(22)24-18(2,3)4/h5-8,15H,1,9-11H2,2-4H3/t15?,19-/m0/s1. The van der Waals surface area contributed by atoms with Crippen LogP contribution in [0.4, 0.5) is 4.39 Å². The lowest BCUT2D eigenvalue weighted by Crippen LogP contribution is -2.47. The summed E-state index contributed by atoms with van der Waals surface area (Å²) in [4.78, 5) is 26.2. The van der Waals surface area contributed by atoms with E-state index in [1.807, 2.05) is 6.07 Å². The number of hydrogen-bond acceptors (Lipinski definition) is 3. The molecule has 1 aromatic carbocycles. The van der Waals surface area contributed by atoms with Crippen molar-refractivity contribution in [2.75, 3.05) is 13.1 Å². The van der Waals surface area contributed by atoms with Crippen LogP contribution in [0, 0.1) is 0 Å². The molecule has 1 aliphatic heterocycles. The predicted octanol–water partition coefficient (Wildman–Crippen LogP) is 3.11. The molecule has 3 rings (SSSR count). The molecule has 0 radical (unpaired) electrons. The normalized spacial score (nSPS) is 25.4. The van der Waals surface area contributed by atoms with Gasteiger partial charge in [-0.15, -0.1) is 0 Å². The van der Waals surface area contributed by atoms with Crippen LogP contribution in [0.3, 0.4) is 0 Å². The van der Waals surface area contributed by atoms with Crippen LogP contribution in [-0.4, -0.2) is 41.6 Å². The third kappa shape index (κ3) is 2.83. The molecule has 2 aliphatic rings. The maximum atomic E-state index is 14.2. The van der Waals surface area contributed by atoms with E-state index in [9.17, 15) is 14.0 Å². The number of rotatable bonds is 3. The molecule has 128 valence electrons. The number of benzene rings is 1. The Bertz CT molecular complexity index is 722. The van der Waals surface area contributed by atoms with Gasteiger partial charge < -0.3 is 9.64 Å². The van der Waals surface area contributed by atoms with Crippen molar-refractivity contribution in [1.29, 1.82) is 0 Å². The molecule has 24 heavy (non-hydrogen) atoms. The van der Waals surface area contributed by atoms with Crippen molar-refractivity contribution in [3.8, 4) is 0 Å². The first-order valence-corrected chi connectivity index (χ1v) is 8.08. The molecule has 1 spiro atoms. The summed E-state index contributed by atoms with van der Waals surface area (Å²) >= 11 is 0. The summed E-state index contributed by atoms with van der Waals surface area (Å²) in [5, 5.41) is 0. The van der Waals surface area contributed by atoms with Crippen LogP contribution in [0.2, 0.25) is 0 Å². The van der Waals surface area contributed by atoms with Crippen LogP contribution in [0.25, 0.3) is 6.08 Å². The third-order valence-electron chi connectivity index (χ3n) is 4.53. The maximum absolute atomic E-state index is 14.2. The Hall–Kier alpha value is -2.17. The number of carbonyl (C=O) groups excluding carboxylic acids is 2. The monoisotopic (exact) mass is 331 g/mol. The molecule has 0 bridgehead atoms. The van der Waals surface area contributed by atoms with E-state index in [4.69, 9.17) is 4.74 Å². The topological polar surface area (TPSA) is 46.6 Å². The van der Waals surface area contributed by atoms with E-state index in [2.05, 4.69) is 6.58 Å². The van der Waals surface area contributed by atoms with Gasteiger partial charge in [-0.1, -0.05) is 24.8 Å². The van der Waals surface area contributed by atoms with Crippen molar-refractivity contribution in [1.82, 2.24) is 4.90 Å². The van der Waals surface area contributed by atoms with Crippen molar-refractivity contribution in [2.24, 2.45) is 0 Å². The fourth-order valence-corrected chi connectivity index (χ4v) is 3.32. The molecular formula is C19H22FNO3. The number of esters is 1. The molecule has 0 aromatic heterocycles. The first kappa shape index (κ1) is 16.7. The zero-order chi connectivity index (χ0) is 17.7. The van der Waals surface area contributed by atoms with Crippen molar-refractivity contribution >= 4 is 18.0 Å². The second-order valence-corrected chi connectivity index (χ2v) is 7.58. The van der Waals surface area contributed by atoms with E-state index in [-0.39, 0.29) is 19.0 Å². The van der Waals surface area contributed by atoms with Crippen LogP contribution in [0.1, 0.15) is 48.7 Å². The van der Waals surface area contributed by atoms with Gasteiger partial charge in [0.2, 0.25) is 0 Å². The largest absolute Gasteiger partial charge is 0.459 e. The molecule has 5 heteroatoms. The van der Waals surface area contributed by atoms with Crippen molar-refractivity contribution in [3.63, 3.8) is 0 Å². The molecule has 1 amide bonds. The summed E-state index contributed by atoms with van der Waals surface area (Å²) in [5.74, 6) is -0.732. The van der Waals surface area contributed by atoms with Gasteiger partial charge in [0.15, 0.2) is 0 Å². The number of nitrogens with zero attached hydrogens (tertiary/aromatic N) is 1. The Balaban J connectivity index is 1.89. The summed E-state index contributed by atoms with van der Waals surface area (Å²) in [7, 11) is 0. The van der Waals surface area contributed by atoms with E-state index in [0.717, 1.165) is 11.1 Å². The minimum Gasteiger partial charge on any atom is -0.459 e. The second kappa shape index (κ2) is 5.43. The van der Waals surface area contributed by atoms with Gasteiger partial charge in [-0.25, -0.2) is 4.39 Å². The molecule has 1 aromatic rings. The summed E-state index contributed by atoms with van der Waals surface area (Å²) in [5.41, 5.74) is 0.755. The summed E-state index contributed by atoms with van der Waals surface area (Å²) < 4.78 is 19.5. The average Bonchev–Trinajstić information content (AvgIpc) is 3.12. The van der Waals surface area contributed by atoms with E-state index < -0.39 is 23.2 Å². The highest BCUT2D eigenvalue weighted by Crippen LogP contribution is 2.54. The number of carbonyl (C=O) groups is 2. The van der Waals surface area contributed by atoms with Crippen LogP contribution >= 0.6 is 0 Å². The lowest BCUT2D eigenvalue weighted by atomic mass is 9.85. The lowest BCUT2D eigenvalue weighted by molar-refractivity contribution is -0.155. The van der Waals surface area contributed by atoms with Gasteiger partial charge in [-0.05, 0) is 44.4 Å². The fraction of sp³-hybridized carbons (Fsp3) is 0.474. The molecule has 1 heterocycles. The second-order valence-electron chi connectivity index (χ2n) is 7.58. The highest BCUT2D eigenvalue weighted by molar-refractivity contribution is 5.99. The van der Waals surface area contributed by atoms with Crippen molar-refractivity contribution in [3.05, 3.63) is 41.5 Å². The van der Waals surface area contributed by atoms with E-state index in [1.165, 1.54) is 4.90 Å². The molecule has 1 fully saturated rings. The molecular weight excluding hydrogens is 309 g/mol. The Morgan fingerprint density at radius 2 is 2.17 bits per heavy atom. The minimum absolute atomic E-state index is 0.160. The third-order valence-corrected chi connectivity index (χ3v) is 4.53. The highest BCUT2D eigenvalue weighted by atomic mass is 19.1. The van der Waals surface area contributed by atoms with Crippen LogP contribution in [0.5, 0.6) is 0 Å². The SMILES string of the molecule is C=Cc1ccc2c(c1)[C@]1(CC1F)CN(CC(=O)OC(C)(C)C)C2=O. The zero-order valence-corrected chi connectivity index (χ0v) is 14.3. The van der Waals surface area contributed by atoms with Gasteiger partial charge in [0.1, 0.15) is 18.3 Å². The van der Waals surface area contributed by atoms with E-state index in [1.54, 1.807) is 39.0 Å². The molecule has 1 aliphatic carbocycles. The maximum Gasteiger partial charge on any atom is 0.326 e. The molecule has 4 nitrogen and oxygen atoms in total. The zero-order valence-electron chi connectivity index (χ0n) is 14.3. The lowest BCUT2D eigenvalue weighted by Gasteiger charge is -2.34. The van der Waals surface area contributed by atoms with Gasteiger partial charge in [0.25, 0.3) is 5.91 Å². The number of ether oxygens (including phenoxy) is 1. The van der Waals surface area contributed by atoms with Crippen LogP contribution < -0.4 is 0 Å². The summed E-state index contributed by atoms with van der Waals surface area (Å²) in [6.45, 7) is 9.09. The van der Waals surface area contributed by atoms with Gasteiger partial charge >= 0.3 is 5.97 Å². The van der Waals surface area contributed by atoms with Gasteiger partial charge in [-0.2, -0.15) is 0 Å². The number of hydrogen-bond donors (Lipinski definition) is 0. The molecule has 0 N–H and O–H groups in total. The number of halogens is 1. The van der Waals surface area contributed by atoms with Gasteiger partial charge in [-0.3, -0.25) is 9.59 Å². The molecule has 0 saturated heterocycles. The predicted molar refractivity (Wildman–Crippen MR) is 89.5 cm³/mol. The minimum atomic E-state index is -0.995. The van der Waals surface area contributed by atoms with Crippen molar-refractivity contribution in [2.45, 2.75) is 44.4 Å². The molecule has 1 unspecified atom stereocenters. The Kier molecular flexibility index (Phi) is 3.78. The quantitative estimate of drug-likeness (QED) is 0.800.